The van der Waals surface area contributed by atoms with Gasteiger partial charge in [-0.2, -0.15) is 5.10 Å². The number of hydrogen-bond acceptors (Lipinski definition) is 2. The van der Waals surface area contributed by atoms with Crippen molar-refractivity contribution in [1.29, 1.82) is 0 Å². The van der Waals surface area contributed by atoms with E-state index in [1.165, 1.54) is 0 Å². The second-order valence-corrected chi connectivity index (χ2v) is 3.60. The van der Waals surface area contributed by atoms with Gasteiger partial charge in [0.15, 0.2) is 0 Å². The molecule has 0 spiro atoms. The number of halogens is 1. The lowest BCUT2D eigenvalue weighted by atomic mass is 10.5. The van der Waals surface area contributed by atoms with Gasteiger partial charge in [0.05, 0.1) is 18.4 Å². The molecule has 0 aliphatic carbocycles. The van der Waals surface area contributed by atoms with Crippen LogP contribution in [0.15, 0.2) is 18.5 Å². The molecule has 0 saturated carbocycles. The van der Waals surface area contributed by atoms with Gasteiger partial charge in [0.1, 0.15) is 11.0 Å². The fraction of sp³-hybridized carbons (Fsp3) is 0.333. The van der Waals surface area contributed by atoms with Gasteiger partial charge in [-0.3, -0.25) is 4.68 Å². The van der Waals surface area contributed by atoms with Crippen molar-refractivity contribution in [2.24, 2.45) is 7.05 Å². The van der Waals surface area contributed by atoms with Gasteiger partial charge in [0, 0.05) is 13.2 Å². The third kappa shape index (κ3) is 1.65. The molecule has 14 heavy (non-hydrogen) atoms. The number of nitrogens with zero attached hydrogens (tertiary/aromatic N) is 4. The standard InChI is InChI=1S/C9H11ClN4/c1-7-3-4-14(12-7)6-9-11-5-8(10)13(9)2/h3-5H,6H2,1-2H3. The second kappa shape index (κ2) is 3.46. The lowest BCUT2D eigenvalue weighted by Crippen LogP contribution is -2.06. The van der Waals surface area contributed by atoms with Crippen molar-refractivity contribution in [3.8, 4) is 0 Å². The average Bonchev–Trinajstić information content (AvgIpc) is 2.67. The topological polar surface area (TPSA) is 35.6 Å². The van der Waals surface area contributed by atoms with Crippen LogP contribution in [0.5, 0.6) is 0 Å². The number of hydrogen-bond donors (Lipinski definition) is 0. The molecule has 2 aromatic rings. The van der Waals surface area contributed by atoms with E-state index in [0.717, 1.165) is 11.5 Å². The number of imidazole rings is 1. The molecule has 0 aliphatic heterocycles. The van der Waals surface area contributed by atoms with E-state index in [1.807, 2.05) is 35.5 Å². The highest BCUT2D eigenvalue weighted by Gasteiger charge is 2.05. The molecule has 2 aromatic heterocycles. The van der Waals surface area contributed by atoms with Crippen LogP contribution < -0.4 is 0 Å². The van der Waals surface area contributed by atoms with Gasteiger partial charge in [-0.1, -0.05) is 11.6 Å². The second-order valence-electron chi connectivity index (χ2n) is 3.21. The first-order valence-electron chi connectivity index (χ1n) is 4.33. The lowest BCUT2D eigenvalue weighted by molar-refractivity contribution is 0.627. The predicted molar refractivity (Wildman–Crippen MR) is 54.3 cm³/mol. The van der Waals surface area contributed by atoms with Gasteiger partial charge in [0.25, 0.3) is 0 Å². The predicted octanol–water partition coefficient (Wildman–Crippen LogP) is 1.63. The fourth-order valence-corrected chi connectivity index (χ4v) is 1.41. The minimum absolute atomic E-state index is 0.642. The van der Waals surface area contributed by atoms with Crippen molar-refractivity contribution in [2.45, 2.75) is 13.5 Å². The van der Waals surface area contributed by atoms with E-state index in [1.54, 1.807) is 6.20 Å². The minimum Gasteiger partial charge on any atom is -0.321 e. The molecule has 0 atom stereocenters. The molecule has 2 heterocycles. The van der Waals surface area contributed by atoms with Crippen molar-refractivity contribution >= 4 is 11.6 Å². The van der Waals surface area contributed by atoms with E-state index >= 15 is 0 Å². The van der Waals surface area contributed by atoms with E-state index in [0.29, 0.717) is 11.7 Å². The Morgan fingerprint density at radius 1 is 1.50 bits per heavy atom. The molecule has 0 unspecified atom stereocenters. The first kappa shape index (κ1) is 9.27. The lowest BCUT2D eigenvalue weighted by Gasteiger charge is -2.02. The third-order valence-electron chi connectivity index (χ3n) is 2.11. The average molecular weight is 211 g/mol. The van der Waals surface area contributed by atoms with Crippen LogP contribution >= 0.6 is 11.6 Å². The Labute approximate surface area is 87.1 Å². The molecule has 74 valence electrons. The normalized spacial score (nSPS) is 10.8. The first-order valence-corrected chi connectivity index (χ1v) is 4.71. The Hall–Kier alpha value is -1.29. The molecule has 0 bridgehead atoms. The van der Waals surface area contributed by atoms with E-state index in [-0.39, 0.29) is 0 Å². The van der Waals surface area contributed by atoms with Crippen LogP contribution in [0.2, 0.25) is 5.15 Å². The van der Waals surface area contributed by atoms with Crippen LogP contribution in [0.1, 0.15) is 11.5 Å². The third-order valence-corrected chi connectivity index (χ3v) is 2.46. The summed E-state index contributed by atoms with van der Waals surface area (Å²) in [5, 5.41) is 4.92. The van der Waals surface area contributed by atoms with Gasteiger partial charge in [-0.25, -0.2) is 4.98 Å². The monoisotopic (exact) mass is 210 g/mol. The van der Waals surface area contributed by atoms with Crippen LogP contribution in [0.4, 0.5) is 0 Å². The Kier molecular flexibility index (Phi) is 2.29. The molecule has 0 radical (unpaired) electrons. The van der Waals surface area contributed by atoms with Crippen LogP contribution in [0.25, 0.3) is 0 Å². The zero-order chi connectivity index (χ0) is 10.1. The molecule has 0 saturated heterocycles. The van der Waals surface area contributed by atoms with Crippen LogP contribution in [0, 0.1) is 6.92 Å². The summed E-state index contributed by atoms with van der Waals surface area (Å²) >= 11 is 5.87. The smallest absolute Gasteiger partial charge is 0.131 e. The first-order chi connectivity index (χ1) is 6.66. The van der Waals surface area contributed by atoms with Gasteiger partial charge in [-0.05, 0) is 13.0 Å². The molecular formula is C9H11ClN4. The molecule has 0 aromatic carbocycles. The summed E-state index contributed by atoms with van der Waals surface area (Å²) in [6.07, 6.45) is 3.57. The summed E-state index contributed by atoms with van der Waals surface area (Å²) in [4.78, 5) is 4.19. The molecule has 0 fully saturated rings. The quantitative estimate of drug-likeness (QED) is 0.755. The van der Waals surface area contributed by atoms with Crippen LogP contribution in [-0.2, 0) is 13.6 Å². The zero-order valence-corrected chi connectivity index (χ0v) is 8.86. The summed E-state index contributed by atoms with van der Waals surface area (Å²) < 4.78 is 3.69. The summed E-state index contributed by atoms with van der Waals surface area (Å²) in [7, 11) is 1.89. The van der Waals surface area contributed by atoms with Crippen LogP contribution in [0.3, 0.4) is 0 Å². The highest BCUT2D eigenvalue weighted by molar-refractivity contribution is 6.29. The maximum absolute atomic E-state index is 5.87. The Balaban J connectivity index is 2.22. The molecule has 4 nitrogen and oxygen atoms in total. The van der Waals surface area contributed by atoms with E-state index in [4.69, 9.17) is 11.6 Å². The molecule has 0 N–H and O–H groups in total. The Morgan fingerprint density at radius 3 is 2.79 bits per heavy atom. The number of rotatable bonds is 2. The molecule has 2 rings (SSSR count). The SMILES string of the molecule is Cc1ccn(Cc2ncc(Cl)n2C)n1. The molecule has 0 aliphatic rings. The Morgan fingerprint density at radius 2 is 2.29 bits per heavy atom. The van der Waals surface area contributed by atoms with Crippen molar-refractivity contribution in [1.82, 2.24) is 19.3 Å². The summed E-state index contributed by atoms with van der Waals surface area (Å²) in [6.45, 7) is 2.61. The van der Waals surface area contributed by atoms with Crippen molar-refractivity contribution in [2.75, 3.05) is 0 Å². The highest BCUT2D eigenvalue weighted by atomic mass is 35.5. The van der Waals surface area contributed by atoms with Gasteiger partial charge >= 0.3 is 0 Å². The van der Waals surface area contributed by atoms with Gasteiger partial charge in [-0.15, -0.1) is 0 Å². The summed E-state index contributed by atoms with van der Waals surface area (Å²) in [5.74, 6) is 0.901. The summed E-state index contributed by atoms with van der Waals surface area (Å²) in [5.41, 5.74) is 1.00. The van der Waals surface area contributed by atoms with Gasteiger partial charge < -0.3 is 4.57 Å². The molecule has 5 heteroatoms. The highest BCUT2D eigenvalue weighted by Crippen LogP contribution is 2.09. The van der Waals surface area contributed by atoms with Gasteiger partial charge in [0.2, 0.25) is 0 Å². The van der Waals surface area contributed by atoms with E-state index in [9.17, 15) is 0 Å². The maximum Gasteiger partial charge on any atom is 0.131 e. The number of aryl methyl sites for hydroxylation is 1. The number of aromatic nitrogens is 4. The van der Waals surface area contributed by atoms with Crippen LogP contribution in [-0.4, -0.2) is 19.3 Å². The van der Waals surface area contributed by atoms with E-state index < -0.39 is 0 Å². The molecule has 0 amide bonds. The fourth-order valence-electron chi connectivity index (χ4n) is 1.27. The van der Waals surface area contributed by atoms with E-state index in [2.05, 4.69) is 10.1 Å². The van der Waals surface area contributed by atoms with Crippen molar-refractivity contribution in [3.05, 3.63) is 35.1 Å². The summed E-state index contributed by atoms with van der Waals surface area (Å²) in [6, 6.07) is 1.96. The van der Waals surface area contributed by atoms with Crippen molar-refractivity contribution < 1.29 is 0 Å². The maximum atomic E-state index is 5.87. The zero-order valence-electron chi connectivity index (χ0n) is 8.11. The molecular weight excluding hydrogens is 200 g/mol. The van der Waals surface area contributed by atoms with Crippen molar-refractivity contribution in [3.63, 3.8) is 0 Å². The largest absolute Gasteiger partial charge is 0.321 e. The minimum atomic E-state index is 0.642. The Bertz CT molecular complexity index is 443.